The number of aryl methyl sites for hydroxylation is 1. The van der Waals surface area contributed by atoms with Gasteiger partial charge in [0.05, 0.1) is 24.2 Å². The summed E-state index contributed by atoms with van der Waals surface area (Å²) in [7, 11) is -3.48. The number of amides is 1. The Bertz CT molecular complexity index is 1160. The highest BCUT2D eigenvalue weighted by atomic mass is 32.2. The van der Waals surface area contributed by atoms with Crippen molar-refractivity contribution in [2.45, 2.75) is 18.4 Å². The first-order valence-electron chi connectivity index (χ1n) is 9.95. The van der Waals surface area contributed by atoms with Crippen molar-refractivity contribution in [1.29, 1.82) is 0 Å². The Morgan fingerprint density at radius 1 is 1.00 bits per heavy atom. The number of nitrogens with zero attached hydrogens (tertiary/aromatic N) is 1. The van der Waals surface area contributed by atoms with E-state index in [9.17, 15) is 13.2 Å². The van der Waals surface area contributed by atoms with Crippen LogP contribution in [0.2, 0.25) is 0 Å². The fraction of sp³-hybridized carbons (Fsp3) is 0.208. The van der Waals surface area contributed by atoms with Crippen LogP contribution in [0.15, 0.2) is 77.7 Å². The van der Waals surface area contributed by atoms with Crippen molar-refractivity contribution in [3.63, 3.8) is 0 Å². The number of ether oxygens (including phenoxy) is 1. The normalized spacial score (nSPS) is 11.1. The second-order valence-corrected chi connectivity index (χ2v) is 10.0. The summed E-state index contributed by atoms with van der Waals surface area (Å²) in [6.07, 6.45) is 3.13. The highest BCUT2D eigenvalue weighted by molar-refractivity contribution is 7.98. The number of thioether (sulfide) groups is 1. The lowest BCUT2D eigenvalue weighted by atomic mass is 10.1. The fourth-order valence-corrected chi connectivity index (χ4v) is 4.49. The van der Waals surface area contributed by atoms with Crippen molar-refractivity contribution in [1.82, 2.24) is 0 Å². The van der Waals surface area contributed by atoms with Gasteiger partial charge in [-0.1, -0.05) is 42.0 Å². The molecule has 3 aromatic carbocycles. The summed E-state index contributed by atoms with van der Waals surface area (Å²) in [5, 5.41) is 2.84. The van der Waals surface area contributed by atoms with E-state index in [0.29, 0.717) is 11.4 Å². The standard InChI is InChI=1S/C24H26N2O4S2/c1-18-8-10-19(11-9-18)16-26(32(3,28)29)20-12-14-21(15-13-20)30-17-24(27)25-22-6-4-5-7-23(22)31-2/h4-15H,16-17H2,1-3H3,(H,25,27). The molecule has 32 heavy (non-hydrogen) atoms. The minimum Gasteiger partial charge on any atom is -0.484 e. The molecular weight excluding hydrogens is 444 g/mol. The Hall–Kier alpha value is -2.97. The number of para-hydroxylation sites is 1. The zero-order valence-corrected chi connectivity index (χ0v) is 19.9. The number of nitrogens with one attached hydrogen (secondary N) is 1. The van der Waals surface area contributed by atoms with Gasteiger partial charge in [-0.15, -0.1) is 11.8 Å². The average Bonchev–Trinajstić information content (AvgIpc) is 2.77. The molecule has 0 saturated carbocycles. The molecule has 1 amide bonds. The Morgan fingerprint density at radius 3 is 2.28 bits per heavy atom. The van der Waals surface area contributed by atoms with E-state index in [0.717, 1.165) is 21.7 Å². The summed E-state index contributed by atoms with van der Waals surface area (Å²) in [6.45, 7) is 2.07. The van der Waals surface area contributed by atoms with Crippen LogP contribution < -0.4 is 14.4 Å². The van der Waals surface area contributed by atoms with Gasteiger partial charge < -0.3 is 10.1 Å². The predicted molar refractivity (Wildman–Crippen MR) is 131 cm³/mol. The number of sulfonamides is 1. The zero-order valence-electron chi connectivity index (χ0n) is 18.2. The van der Waals surface area contributed by atoms with Gasteiger partial charge in [-0.25, -0.2) is 8.42 Å². The second kappa shape index (κ2) is 10.6. The van der Waals surface area contributed by atoms with Gasteiger partial charge in [0.2, 0.25) is 10.0 Å². The third-order valence-corrected chi connectivity index (χ3v) is 6.66. The Balaban J connectivity index is 1.64. The van der Waals surface area contributed by atoms with E-state index < -0.39 is 10.0 Å². The lowest BCUT2D eigenvalue weighted by Gasteiger charge is -2.23. The highest BCUT2D eigenvalue weighted by Gasteiger charge is 2.18. The number of hydrogen-bond donors (Lipinski definition) is 1. The quantitative estimate of drug-likeness (QED) is 0.459. The summed E-state index contributed by atoms with van der Waals surface area (Å²) < 4.78 is 31.7. The molecule has 0 atom stereocenters. The van der Waals surface area contributed by atoms with Crippen molar-refractivity contribution in [3.05, 3.63) is 83.9 Å². The Labute approximate surface area is 193 Å². The molecule has 6 nitrogen and oxygen atoms in total. The molecule has 0 spiro atoms. The molecular formula is C24H26N2O4S2. The van der Waals surface area contributed by atoms with Crippen molar-refractivity contribution in [3.8, 4) is 5.75 Å². The van der Waals surface area contributed by atoms with Crippen LogP contribution in [0.25, 0.3) is 0 Å². The summed E-state index contributed by atoms with van der Waals surface area (Å²) in [4.78, 5) is 13.2. The molecule has 3 rings (SSSR count). The topological polar surface area (TPSA) is 75.7 Å². The number of anilines is 2. The van der Waals surface area contributed by atoms with Crippen LogP contribution in [0.4, 0.5) is 11.4 Å². The van der Waals surface area contributed by atoms with E-state index in [-0.39, 0.29) is 19.1 Å². The molecule has 8 heteroatoms. The zero-order chi connectivity index (χ0) is 23.1. The number of rotatable bonds is 9. The smallest absolute Gasteiger partial charge is 0.262 e. The van der Waals surface area contributed by atoms with Gasteiger partial charge in [-0.05, 0) is 55.1 Å². The van der Waals surface area contributed by atoms with E-state index in [4.69, 9.17) is 4.74 Å². The van der Waals surface area contributed by atoms with Gasteiger partial charge in [0, 0.05) is 4.90 Å². The Morgan fingerprint density at radius 2 is 1.66 bits per heavy atom. The minimum atomic E-state index is -3.48. The number of hydrogen-bond acceptors (Lipinski definition) is 5. The van der Waals surface area contributed by atoms with E-state index in [1.807, 2.05) is 61.7 Å². The van der Waals surface area contributed by atoms with Crippen LogP contribution >= 0.6 is 11.8 Å². The van der Waals surface area contributed by atoms with Crippen molar-refractivity contribution in [2.24, 2.45) is 0 Å². The van der Waals surface area contributed by atoms with E-state index >= 15 is 0 Å². The van der Waals surface area contributed by atoms with Gasteiger partial charge >= 0.3 is 0 Å². The van der Waals surface area contributed by atoms with Gasteiger partial charge in [0.15, 0.2) is 6.61 Å². The minimum absolute atomic E-state index is 0.152. The first-order chi connectivity index (χ1) is 15.3. The third-order valence-electron chi connectivity index (χ3n) is 4.72. The molecule has 0 aliphatic heterocycles. The van der Waals surface area contributed by atoms with E-state index in [1.165, 1.54) is 10.6 Å². The second-order valence-electron chi connectivity index (χ2n) is 7.29. The van der Waals surface area contributed by atoms with Crippen LogP contribution in [0.3, 0.4) is 0 Å². The molecule has 3 aromatic rings. The Kier molecular flexibility index (Phi) is 7.82. The monoisotopic (exact) mass is 470 g/mol. The maximum absolute atomic E-state index is 12.4. The molecule has 0 saturated heterocycles. The molecule has 0 heterocycles. The van der Waals surface area contributed by atoms with Gasteiger partial charge in [-0.3, -0.25) is 9.10 Å². The molecule has 0 aliphatic rings. The molecule has 0 aromatic heterocycles. The van der Waals surface area contributed by atoms with E-state index in [2.05, 4.69) is 5.32 Å². The highest BCUT2D eigenvalue weighted by Crippen LogP contribution is 2.25. The van der Waals surface area contributed by atoms with Crippen molar-refractivity contribution in [2.75, 3.05) is 28.7 Å². The first kappa shape index (κ1) is 23.7. The summed E-state index contributed by atoms with van der Waals surface area (Å²) in [6, 6.07) is 21.9. The molecule has 0 fully saturated rings. The maximum atomic E-state index is 12.4. The van der Waals surface area contributed by atoms with Crippen LogP contribution in [-0.2, 0) is 21.4 Å². The van der Waals surface area contributed by atoms with Gasteiger partial charge in [0.25, 0.3) is 5.91 Å². The maximum Gasteiger partial charge on any atom is 0.262 e. The van der Waals surface area contributed by atoms with Crippen LogP contribution in [0.5, 0.6) is 5.75 Å². The van der Waals surface area contributed by atoms with Gasteiger partial charge in [0.1, 0.15) is 5.75 Å². The first-order valence-corrected chi connectivity index (χ1v) is 13.0. The molecule has 1 N–H and O–H groups in total. The van der Waals surface area contributed by atoms with Crippen molar-refractivity contribution >= 4 is 39.1 Å². The summed E-state index contributed by atoms with van der Waals surface area (Å²) >= 11 is 1.55. The van der Waals surface area contributed by atoms with Crippen LogP contribution in [-0.4, -0.2) is 33.4 Å². The third kappa shape index (κ3) is 6.51. The summed E-state index contributed by atoms with van der Waals surface area (Å²) in [5.74, 6) is 0.207. The number of carbonyl (C=O) groups excluding carboxylic acids is 1. The largest absolute Gasteiger partial charge is 0.484 e. The molecule has 168 valence electrons. The van der Waals surface area contributed by atoms with Crippen LogP contribution in [0, 0.1) is 6.92 Å². The number of benzene rings is 3. The lowest BCUT2D eigenvalue weighted by Crippen LogP contribution is -2.29. The SMILES string of the molecule is CSc1ccccc1NC(=O)COc1ccc(N(Cc2ccc(C)cc2)S(C)(=O)=O)cc1. The number of carbonyl (C=O) groups is 1. The molecule has 0 bridgehead atoms. The molecule has 0 aliphatic carbocycles. The van der Waals surface area contributed by atoms with E-state index in [1.54, 1.807) is 36.0 Å². The van der Waals surface area contributed by atoms with Crippen LogP contribution in [0.1, 0.15) is 11.1 Å². The lowest BCUT2D eigenvalue weighted by molar-refractivity contribution is -0.118. The summed E-state index contributed by atoms with van der Waals surface area (Å²) in [5.41, 5.74) is 3.27. The van der Waals surface area contributed by atoms with Gasteiger partial charge in [-0.2, -0.15) is 0 Å². The average molecular weight is 471 g/mol. The van der Waals surface area contributed by atoms with Crippen molar-refractivity contribution < 1.29 is 17.9 Å². The molecule has 0 unspecified atom stereocenters. The molecule has 0 radical (unpaired) electrons. The fourth-order valence-electron chi connectivity index (χ4n) is 3.05. The predicted octanol–water partition coefficient (Wildman–Crippen LogP) is 4.70.